The number of nitrogens with two attached hydrogens (primary N) is 1. The highest BCUT2D eigenvalue weighted by molar-refractivity contribution is 5.81. The Morgan fingerprint density at radius 3 is 2.34 bits per heavy atom. The smallest absolute Gasteiger partial charge is 0.312 e. The molecule has 0 aromatic carbocycles. The Morgan fingerprint density at radius 1 is 1.07 bits per heavy atom. The first-order valence-electron chi connectivity index (χ1n) is 8.70. The maximum Gasteiger partial charge on any atom is 0.312 e. The van der Waals surface area contributed by atoms with E-state index < -0.39 is 67.7 Å². The van der Waals surface area contributed by atoms with Crippen molar-refractivity contribution in [3.8, 4) is 0 Å². The van der Waals surface area contributed by atoms with Crippen molar-refractivity contribution in [1.82, 2.24) is 19.5 Å². The number of halogens is 1. The van der Waals surface area contributed by atoms with E-state index in [0.29, 0.717) is 0 Å². The maximum absolute atomic E-state index is 13.8. The van der Waals surface area contributed by atoms with Crippen molar-refractivity contribution >= 4 is 17.0 Å². The fourth-order valence-corrected chi connectivity index (χ4v) is 3.94. The first-order valence-corrected chi connectivity index (χ1v) is 8.70. The quantitative estimate of drug-likeness (QED) is 0.236. The van der Waals surface area contributed by atoms with Crippen LogP contribution in [-0.4, -0.2) is 106 Å². The molecule has 4 rings (SSSR count). The molecule has 0 radical (unpaired) electrons. The second-order valence-electron chi connectivity index (χ2n) is 6.95. The molecule has 2 aliphatic rings. The highest BCUT2D eigenvalue weighted by atomic mass is 19.1. The Balaban J connectivity index is 1.94. The van der Waals surface area contributed by atoms with E-state index in [4.69, 9.17) is 15.2 Å². The SMILES string of the molecule is Nc1nc(F)nc2c1ncn2[C@]1(C2O[C@H](CO)[C@@H](O)[C@@H]2O)O[C@H](CO)[C@@H](O)[C@H]1O. The third kappa shape index (κ3) is 2.72. The lowest BCUT2D eigenvalue weighted by molar-refractivity contribution is -0.231. The number of imidazole rings is 1. The molecule has 13 nitrogen and oxygen atoms in total. The average molecular weight is 417 g/mol. The van der Waals surface area contributed by atoms with Crippen LogP contribution >= 0.6 is 0 Å². The number of hydrogen-bond donors (Lipinski definition) is 7. The van der Waals surface area contributed by atoms with Gasteiger partial charge in [-0.15, -0.1) is 0 Å². The Bertz CT molecular complexity index is 916. The third-order valence-electron chi connectivity index (χ3n) is 5.37. The van der Waals surface area contributed by atoms with Crippen molar-refractivity contribution < 1.29 is 44.5 Å². The normalized spacial score (nSPS) is 40.2. The van der Waals surface area contributed by atoms with Gasteiger partial charge in [-0.25, -0.2) is 4.98 Å². The zero-order chi connectivity index (χ0) is 21.1. The molecular weight excluding hydrogens is 397 g/mol. The molecule has 2 aromatic rings. The van der Waals surface area contributed by atoms with Gasteiger partial charge in [-0.05, 0) is 0 Å². The van der Waals surface area contributed by atoms with Gasteiger partial charge in [-0.3, -0.25) is 4.57 Å². The van der Waals surface area contributed by atoms with Crippen LogP contribution in [0.1, 0.15) is 0 Å². The molecule has 0 spiro atoms. The summed E-state index contributed by atoms with van der Waals surface area (Å²) in [5.74, 6) is -0.311. The number of aliphatic hydroxyl groups excluding tert-OH is 6. The average Bonchev–Trinajstić information content (AvgIpc) is 3.32. The molecule has 0 aliphatic carbocycles. The van der Waals surface area contributed by atoms with Gasteiger partial charge in [0.05, 0.1) is 19.5 Å². The minimum Gasteiger partial charge on any atom is -0.394 e. The molecule has 0 saturated carbocycles. The second-order valence-corrected chi connectivity index (χ2v) is 6.95. The number of anilines is 1. The summed E-state index contributed by atoms with van der Waals surface area (Å²) in [6.45, 7) is -1.38. The Kier molecular flexibility index (Phi) is 4.91. The van der Waals surface area contributed by atoms with Gasteiger partial charge >= 0.3 is 6.08 Å². The van der Waals surface area contributed by atoms with Crippen molar-refractivity contribution in [3.63, 3.8) is 0 Å². The molecule has 0 bridgehead atoms. The van der Waals surface area contributed by atoms with Crippen LogP contribution < -0.4 is 5.73 Å². The summed E-state index contributed by atoms with van der Waals surface area (Å²) in [5.41, 5.74) is 3.14. The third-order valence-corrected chi connectivity index (χ3v) is 5.37. The van der Waals surface area contributed by atoms with Crippen molar-refractivity contribution in [2.24, 2.45) is 0 Å². The summed E-state index contributed by atoms with van der Waals surface area (Å²) in [7, 11) is 0. The number of nitrogens with zero attached hydrogens (tertiary/aromatic N) is 4. The Morgan fingerprint density at radius 2 is 1.76 bits per heavy atom. The van der Waals surface area contributed by atoms with Crippen LogP contribution in [0.3, 0.4) is 0 Å². The molecule has 1 unspecified atom stereocenters. The predicted octanol–water partition coefficient (Wildman–Crippen LogP) is -4.21. The Labute approximate surface area is 161 Å². The second kappa shape index (κ2) is 7.03. The molecule has 4 heterocycles. The van der Waals surface area contributed by atoms with Gasteiger partial charge in [-0.1, -0.05) is 0 Å². The molecule has 8 atom stereocenters. The van der Waals surface area contributed by atoms with Crippen LogP contribution in [0, 0.1) is 6.08 Å². The van der Waals surface area contributed by atoms with Gasteiger partial charge in [-0.2, -0.15) is 14.4 Å². The van der Waals surface area contributed by atoms with E-state index >= 15 is 0 Å². The van der Waals surface area contributed by atoms with Crippen LogP contribution in [0.25, 0.3) is 11.2 Å². The van der Waals surface area contributed by atoms with E-state index in [-0.39, 0.29) is 17.0 Å². The van der Waals surface area contributed by atoms with Gasteiger partial charge in [0.2, 0.25) is 5.72 Å². The molecular formula is C15H20FN5O8. The fraction of sp³-hybridized carbons (Fsp3) is 0.667. The number of nitrogen functional groups attached to an aromatic ring is 1. The number of hydrogen-bond acceptors (Lipinski definition) is 12. The predicted molar refractivity (Wildman–Crippen MR) is 89.4 cm³/mol. The van der Waals surface area contributed by atoms with Crippen molar-refractivity contribution in [1.29, 1.82) is 0 Å². The van der Waals surface area contributed by atoms with E-state index in [0.717, 1.165) is 10.9 Å². The van der Waals surface area contributed by atoms with Crippen LogP contribution in [0.5, 0.6) is 0 Å². The summed E-state index contributed by atoms with van der Waals surface area (Å²) in [6, 6.07) is 0. The molecule has 14 heteroatoms. The molecule has 29 heavy (non-hydrogen) atoms. The van der Waals surface area contributed by atoms with Crippen LogP contribution in [0.4, 0.5) is 10.2 Å². The summed E-state index contributed by atoms with van der Waals surface area (Å²) < 4.78 is 26.1. The van der Waals surface area contributed by atoms with Gasteiger partial charge < -0.3 is 45.8 Å². The van der Waals surface area contributed by atoms with Crippen LogP contribution in [0.2, 0.25) is 0 Å². The van der Waals surface area contributed by atoms with E-state index in [2.05, 4.69) is 15.0 Å². The molecule has 2 fully saturated rings. The zero-order valence-corrected chi connectivity index (χ0v) is 14.8. The molecule has 8 N–H and O–H groups in total. The number of fused-ring (bicyclic) bond motifs is 1. The number of aliphatic hydroxyl groups is 6. The monoisotopic (exact) mass is 417 g/mol. The zero-order valence-electron chi connectivity index (χ0n) is 14.8. The Hall–Kier alpha value is -2.04. The highest BCUT2D eigenvalue weighted by Gasteiger charge is 2.66. The van der Waals surface area contributed by atoms with Crippen molar-refractivity contribution in [3.05, 3.63) is 12.4 Å². The first-order chi connectivity index (χ1) is 13.8. The molecule has 2 saturated heterocycles. The fourth-order valence-electron chi connectivity index (χ4n) is 3.94. The minimum absolute atomic E-state index is 0.0599. The van der Waals surface area contributed by atoms with E-state index in [9.17, 15) is 35.0 Å². The molecule has 2 aliphatic heterocycles. The molecule has 160 valence electrons. The van der Waals surface area contributed by atoms with Gasteiger partial charge in [0.15, 0.2) is 17.0 Å². The number of aromatic nitrogens is 4. The van der Waals surface area contributed by atoms with Crippen LogP contribution in [-0.2, 0) is 15.2 Å². The standard InChI is InChI=1S/C15H20FN5O8/c16-14-19-12(17)6-13(20-14)21(3-18-6)15(10(27)8(25)5(2-23)29-15)11-9(26)7(24)4(1-22)28-11/h3-5,7-11,22-27H,1-2H2,(H2,17,19,20)/t4-,5-,7-,8-,9+,10-,11?,15+/m1/s1. The van der Waals surface area contributed by atoms with E-state index in [1.807, 2.05) is 0 Å². The van der Waals surface area contributed by atoms with Crippen molar-refractivity contribution in [2.75, 3.05) is 18.9 Å². The summed E-state index contributed by atoms with van der Waals surface area (Å²) >= 11 is 0. The minimum atomic E-state index is -2.21. The number of rotatable bonds is 4. The first kappa shape index (κ1) is 20.2. The van der Waals surface area contributed by atoms with Gasteiger partial charge in [0.1, 0.15) is 42.7 Å². The van der Waals surface area contributed by atoms with E-state index in [1.54, 1.807) is 0 Å². The summed E-state index contributed by atoms with van der Waals surface area (Å²) in [6.07, 6.45) is -11.1. The lowest BCUT2D eigenvalue weighted by atomic mass is 9.92. The van der Waals surface area contributed by atoms with Gasteiger partial charge in [0.25, 0.3) is 0 Å². The maximum atomic E-state index is 13.8. The topological polar surface area (TPSA) is 209 Å². The van der Waals surface area contributed by atoms with E-state index in [1.165, 1.54) is 0 Å². The van der Waals surface area contributed by atoms with Gasteiger partial charge in [0, 0.05) is 0 Å². The largest absolute Gasteiger partial charge is 0.394 e. The summed E-state index contributed by atoms with van der Waals surface area (Å²) in [5, 5.41) is 60.8. The van der Waals surface area contributed by atoms with Crippen molar-refractivity contribution in [2.45, 2.75) is 48.5 Å². The number of ether oxygens (including phenoxy) is 2. The molecule has 2 aromatic heterocycles. The molecule has 0 amide bonds. The lowest BCUT2D eigenvalue weighted by Gasteiger charge is -2.39. The lowest BCUT2D eigenvalue weighted by Crippen LogP contribution is -2.58. The highest BCUT2D eigenvalue weighted by Crippen LogP contribution is 2.45. The summed E-state index contributed by atoms with van der Waals surface area (Å²) in [4.78, 5) is 10.9. The van der Waals surface area contributed by atoms with Crippen LogP contribution in [0.15, 0.2) is 6.33 Å².